The van der Waals surface area contributed by atoms with E-state index in [0.29, 0.717) is 10.8 Å². The molecule has 2 amide bonds. The summed E-state index contributed by atoms with van der Waals surface area (Å²) in [6.07, 6.45) is 0. The minimum Gasteiger partial charge on any atom is -0.484 e. The van der Waals surface area contributed by atoms with Crippen LogP contribution in [-0.4, -0.2) is 50.1 Å². The van der Waals surface area contributed by atoms with Gasteiger partial charge in [0.15, 0.2) is 22.3 Å². The molecule has 1 aromatic heterocycles. The molecule has 0 saturated heterocycles. The van der Waals surface area contributed by atoms with Gasteiger partial charge in [-0.3, -0.25) is 9.59 Å². The summed E-state index contributed by atoms with van der Waals surface area (Å²) < 4.78 is 34.8. The van der Waals surface area contributed by atoms with E-state index in [1.807, 2.05) is 0 Å². The van der Waals surface area contributed by atoms with Crippen molar-refractivity contribution in [3.63, 3.8) is 0 Å². The van der Waals surface area contributed by atoms with Crippen LogP contribution in [0.1, 0.15) is 16.5 Å². The van der Waals surface area contributed by atoms with Crippen LogP contribution in [0.5, 0.6) is 5.75 Å². The number of hydrogen-bond acceptors (Lipinski definition) is 8. The van der Waals surface area contributed by atoms with E-state index >= 15 is 0 Å². The lowest BCUT2D eigenvalue weighted by atomic mass is 10.3. The quantitative estimate of drug-likeness (QED) is 0.419. The second-order valence-corrected chi connectivity index (χ2v) is 8.86. The normalized spacial score (nSPS) is 11.0. The summed E-state index contributed by atoms with van der Waals surface area (Å²) in [7, 11) is -3.67. The van der Waals surface area contributed by atoms with Crippen molar-refractivity contribution in [2.45, 2.75) is 10.6 Å². The van der Waals surface area contributed by atoms with Gasteiger partial charge in [0.25, 0.3) is 5.91 Å². The van der Waals surface area contributed by atoms with Crippen LogP contribution in [-0.2, 0) is 20.4 Å². The predicted octanol–water partition coefficient (Wildman–Crippen LogP) is 1.62. The summed E-state index contributed by atoms with van der Waals surface area (Å²) in [6.45, 7) is 0.0297. The van der Waals surface area contributed by atoms with Crippen LogP contribution in [0.25, 0.3) is 0 Å². The molecule has 0 aliphatic carbocycles. The Labute approximate surface area is 188 Å². The molecule has 0 unspecified atom stereocenters. The third kappa shape index (κ3) is 6.79. The average molecular weight is 479 g/mol. The summed E-state index contributed by atoms with van der Waals surface area (Å²) in [5, 5.41) is 9.16. The minimum atomic E-state index is -3.67. The maximum Gasteiger partial charge on any atom is 0.315 e. The van der Waals surface area contributed by atoms with Gasteiger partial charge in [-0.2, -0.15) is 4.98 Å². The number of benzene rings is 2. The maximum absolute atomic E-state index is 12.3. The topological polar surface area (TPSA) is 140 Å². The number of carbonyl (C=O) groups is 2. The fourth-order valence-corrected chi connectivity index (χ4v) is 3.79. The third-order valence-electron chi connectivity index (χ3n) is 4.00. The largest absolute Gasteiger partial charge is 0.484 e. The molecule has 0 fully saturated rings. The minimum absolute atomic E-state index is 0.0888. The molecule has 2 N–H and O–H groups in total. The first-order valence-corrected chi connectivity index (χ1v) is 11.4. The molecule has 2 aromatic carbocycles. The molecule has 168 valence electrons. The Balaban J connectivity index is 1.39. The van der Waals surface area contributed by atoms with Crippen molar-refractivity contribution in [1.29, 1.82) is 0 Å². The summed E-state index contributed by atoms with van der Waals surface area (Å²) >= 11 is 5.77. The van der Waals surface area contributed by atoms with Crippen LogP contribution < -0.4 is 15.4 Å². The molecular formula is C20H19ClN4O6S. The number of amides is 2. The zero-order valence-corrected chi connectivity index (χ0v) is 18.2. The van der Waals surface area contributed by atoms with Crippen LogP contribution >= 0.6 is 11.6 Å². The Morgan fingerprint density at radius 3 is 2.41 bits per heavy atom. The van der Waals surface area contributed by atoms with Gasteiger partial charge in [0.2, 0.25) is 0 Å². The Bertz CT molecular complexity index is 1170. The summed E-state index contributed by atoms with van der Waals surface area (Å²) in [4.78, 5) is 27.8. The number of carbonyl (C=O) groups excluding carboxylic acids is 2. The van der Waals surface area contributed by atoms with Crippen molar-refractivity contribution in [3.8, 4) is 5.75 Å². The maximum atomic E-state index is 12.3. The van der Waals surface area contributed by atoms with Gasteiger partial charge in [-0.15, -0.1) is 0 Å². The van der Waals surface area contributed by atoms with Crippen molar-refractivity contribution in [2.24, 2.45) is 0 Å². The molecule has 3 rings (SSSR count). The van der Waals surface area contributed by atoms with Crippen LogP contribution in [0.2, 0.25) is 5.02 Å². The number of nitrogens with zero attached hydrogens (tertiary/aromatic N) is 2. The number of rotatable bonds is 10. The molecular weight excluding hydrogens is 460 g/mol. The molecule has 0 radical (unpaired) electrons. The second kappa shape index (κ2) is 10.7. The van der Waals surface area contributed by atoms with Crippen molar-refractivity contribution in [2.75, 3.05) is 19.7 Å². The molecule has 0 bridgehead atoms. The van der Waals surface area contributed by atoms with Gasteiger partial charge in [-0.25, -0.2) is 8.42 Å². The van der Waals surface area contributed by atoms with Gasteiger partial charge >= 0.3 is 11.8 Å². The molecule has 0 aliphatic rings. The Kier molecular flexibility index (Phi) is 7.79. The number of sulfone groups is 1. The Morgan fingerprint density at radius 1 is 1.00 bits per heavy atom. The lowest BCUT2D eigenvalue weighted by Crippen LogP contribution is -2.36. The van der Waals surface area contributed by atoms with E-state index in [1.54, 1.807) is 42.5 Å². The first kappa shape index (κ1) is 23.2. The summed E-state index contributed by atoms with van der Waals surface area (Å²) in [5.74, 6) is -1.57. The first-order chi connectivity index (χ1) is 15.3. The van der Waals surface area contributed by atoms with Gasteiger partial charge < -0.3 is 19.9 Å². The zero-order chi connectivity index (χ0) is 23.0. The van der Waals surface area contributed by atoms with Gasteiger partial charge in [-0.05, 0) is 36.4 Å². The SMILES string of the molecule is O=C(COc1ccc(Cl)cc1)NCCNC(=O)c1nc(CS(=O)(=O)c2ccccc2)no1. The second-order valence-electron chi connectivity index (χ2n) is 6.44. The van der Waals surface area contributed by atoms with Crippen LogP contribution in [0, 0.1) is 0 Å². The summed E-state index contributed by atoms with van der Waals surface area (Å²) in [6, 6.07) is 14.4. The smallest absolute Gasteiger partial charge is 0.315 e. The van der Waals surface area contributed by atoms with Gasteiger partial charge in [0, 0.05) is 18.1 Å². The van der Waals surface area contributed by atoms with E-state index in [-0.39, 0.29) is 42.2 Å². The molecule has 0 spiro atoms. The molecule has 0 saturated carbocycles. The van der Waals surface area contributed by atoms with E-state index < -0.39 is 21.5 Å². The van der Waals surface area contributed by atoms with E-state index in [1.165, 1.54) is 12.1 Å². The number of hydrogen-bond donors (Lipinski definition) is 2. The molecule has 0 atom stereocenters. The predicted molar refractivity (Wildman–Crippen MR) is 114 cm³/mol. The highest BCUT2D eigenvalue weighted by molar-refractivity contribution is 7.90. The van der Waals surface area contributed by atoms with E-state index in [2.05, 4.69) is 20.8 Å². The third-order valence-corrected chi connectivity index (χ3v) is 5.88. The van der Waals surface area contributed by atoms with Gasteiger partial charge in [0.1, 0.15) is 11.5 Å². The first-order valence-electron chi connectivity index (χ1n) is 9.37. The van der Waals surface area contributed by atoms with Crippen LogP contribution in [0.3, 0.4) is 0 Å². The van der Waals surface area contributed by atoms with Crippen LogP contribution in [0.4, 0.5) is 0 Å². The molecule has 0 aliphatic heterocycles. The molecule has 1 heterocycles. The van der Waals surface area contributed by atoms with Gasteiger partial charge in [0.05, 0.1) is 4.90 Å². The monoisotopic (exact) mass is 478 g/mol. The van der Waals surface area contributed by atoms with E-state index in [9.17, 15) is 18.0 Å². The summed E-state index contributed by atoms with van der Waals surface area (Å²) in [5.41, 5.74) is 0. The van der Waals surface area contributed by atoms with Crippen molar-refractivity contribution >= 4 is 33.3 Å². The van der Waals surface area contributed by atoms with Crippen molar-refractivity contribution in [1.82, 2.24) is 20.8 Å². The molecule has 3 aromatic rings. The average Bonchev–Trinajstić information content (AvgIpc) is 3.24. The van der Waals surface area contributed by atoms with E-state index in [0.717, 1.165) is 0 Å². The lowest BCUT2D eigenvalue weighted by Gasteiger charge is -2.07. The Morgan fingerprint density at radius 2 is 1.69 bits per heavy atom. The standard InChI is InChI=1S/C20H19ClN4O6S/c21-14-6-8-15(9-7-14)30-12-18(26)22-10-11-23-19(27)20-24-17(25-31-20)13-32(28,29)16-4-2-1-3-5-16/h1-9H,10-13H2,(H,22,26)(H,23,27). The highest BCUT2D eigenvalue weighted by atomic mass is 35.5. The fraction of sp³-hybridized carbons (Fsp3) is 0.200. The number of nitrogens with one attached hydrogen (secondary N) is 2. The van der Waals surface area contributed by atoms with Crippen LogP contribution in [0.15, 0.2) is 64.0 Å². The highest BCUT2D eigenvalue weighted by Gasteiger charge is 2.21. The molecule has 12 heteroatoms. The van der Waals surface area contributed by atoms with E-state index in [4.69, 9.17) is 20.9 Å². The fourth-order valence-electron chi connectivity index (χ4n) is 2.47. The highest BCUT2D eigenvalue weighted by Crippen LogP contribution is 2.15. The number of ether oxygens (including phenoxy) is 1. The van der Waals surface area contributed by atoms with Crippen molar-refractivity contribution < 1.29 is 27.3 Å². The lowest BCUT2D eigenvalue weighted by molar-refractivity contribution is -0.123. The Hall–Kier alpha value is -3.44. The van der Waals surface area contributed by atoms with Crippen molar-refractivity contribution in [3.05, 3.63) is 71.3 Å². The molecule has 32 heavy (non-hydrogen) atoms. The number of halogens is 1. The molecule has 10 nitrogen and oxygen atoms in total. The number of aromatic nitrogens is 2. The zero-order valence-electron chi connectivity index (χ0n) is 16.7. The van der Waals surface area contributed by atoms with Gasteiger partial charge in [-0.1, -0.05) is 35.0 Å².